The van der Waals surface area contributed by atoms with E-state index in [1.165, 1.54) is 19.3 Å². The third kappa shape index (κ3) is 4.61. The van der Waals surface area contributed by atoms with Gasteiger partial charge in [-0.25, -0.2) is 0 Å². The number of rotatable bonds is 8. The van der Waals surface area contributed by atoms with Crippen molar-refractivity contribution in [3.63, 3.8) is 0 Å². The van der Waals surface area contributed by atoms with Crippen molar-refractivity contribution in [1.29, 1.82) is 0 Å². The van der Waals surface area contributed by atoms with Crippen LogP contribution in [0.5, 0.6) is 11.5 Å². The Labute approximate surface area is 197 Å². The van der Waals surface area contributed by atoms with Crippen LogP contribution < -0.4 is 25.4 Å². The molecule has 2 aromatic rings. The molecular formula is C27H37N3O3. The second-order valence-corrected chi connectivity index (χ2v) is 9.67. The zero-order valence-corrected chi connectivity index (χ0v) is 20.2. The van der Waals surface area contributed by atoms with Crippen molar-refractivity contribution in [2.75, 3.05) is 24.9 Å². The van der Waals surface area contributed by atoms with E-state index in [-0.39, 0.29) is 17.9 Å². The van der Waals surface area contributed by atoms with Crippen molar-refractivity contribution in [3.05, 3.63) is 48.0 Å². The van der Waals surface area contributed by atoms with Crippen molar-refractivity contribution < 1.29 is 14.3 Å². The monoisotopic (exact) mass is 451 g/mol. The second kappa shape index (κ2) is 9.94. The van der Waals surface area contributed by atoms with Crippen LogP contribution in [0.15, 0.2) is 42.5 Å². The number of methoxy groups -OCH3 is 2. The predicted molar refractivity (Wildman–Crippen MR) is 133 cm³/mol. The van der Waals surface area contributed by atoms with E-state index in [9.17, 15) is 4.79 Å². The number of anilines is 2. The minimum Gasteiger partial charge on any atom is -0.493 e. The minimum absolute atomic E-state index is 0.0771. The molecular weight excluding hydrogens is 414 g/mol. The lowest BCUT2D eigenvalue weighted by Crippen LogP contribution is -2.54. The van der Waals surface area contributed by atoms with Gasteiger partial charge in [-0.2, -0.15) is 0 Å². The maximum Gasteiger partial charge on any atom is 0.228 e. The van der Waals surface area contributed by atoms with Gasteiger partial charge in [-0.15, -0.1) is 0 Å². The summed E-state index contributed by atoms with van der Waals surface area (Å²) in [5, 5.41) is 10.8. The standard InChI is InChI=1S/C27H37N3O3/c1-18(2)17-21(26(31)28-19-11-6-5-7-12-19)27(29-22-14-8-9-15-23(22)30-27)20-13-10-16-24(32-3)25(20)33-4/h8-10,13-16,18-19,21,29-30H,5-7,11-12,17H2,1-4H3,(H,28,31). The number of para-hydroxylation sites is 3. The highest BCUT2D eigenvalue weighted by molar-refractivity contribution is 5.87. The largest absolute Gasteiger partial charge is 0.493 e. The number of carbonyl (C=O) groups excluding carboxylic acids is 1. The number of amides is 1. The quantitative estimate of drug-likeness (QED) is 0.494. The van der Waals surface area contributed by atoms with Crippen LogP contribution in [0.1, 0.15) is 57.9 Å². The molecule has 178 valence electrons. The first-order valence-corrected chi connectivity index (χ1v) is 12.2. The minimum atomic E-state index is -0.868. The van der Waals surface area contributed by atoms with Crippen LogP contribution >= 0.6 is 0 Å². The normalized spacial score (nSPS) is 18.1. The van der Waals surface area contributed by atoms with Gasteiger partial charge in [-0.3, -0.25) is 4.79 Å². The number of ether oxygens (including phenoxy) is 2. The number of hydrogen-bond donors (Lipinski definition) is 3. The maximum absolute atomic E-state index is 14.0. The van der Waals surface area contributed by atoms with Crippen LogP contribution in [-0.2, 0) is 10.5 Å². The molecule has 1 amide bonds. The van der Waals surface area contributed by atoms with E-state index in [2.05, 4.69) is 29.8 Å². The maximum atomic E-state index is 14.0. The Balaban J connectivity index is 1.81. The summed E-state index contributed by atoms with van der Waals surface area (Å²) in [5.41, 5.74) is 1.94. The Morgan fingerprint density at radius 1 is 1.00 bits per heavy atom. The summed E-state index contributed by atoms with van der Waals surface area (Å²) in [6, 6.07) is 14.2. The zero-order chi connectivity index (χ0) is 23.4. The molecule has 6 nitrogen and oxygen atoms in total. The molecule has 1 unspecified atom stereocenters. The van der Waals surface area contributed by atoms with Gasteiger partial charge >= 0.3 is 0 Å². The smallest absolute Gasteiger partial charge is 0.228 e. The molecule has 3 N–H and O–H groups in total. The number of fused-ring (bicyclic) bond motifs is 1. The second-order valence-electron chi connectivity index (χ2n) is 9.67. The number of hydrogen-bond acceptors (Lipinski definition) is 5. The first-order chi connectivity index (χ1) is 16.0. The summed E-state index contributed by atoms with van der Waals surface area (Å²) in [7, 11) is 3.29. The molecule has 2 aromatic carbocycles. The fourth-order valence-electron chi connectivity index (χ4n) is 5.35. The van der Waals surface area contributed by atoms with Crippen LogP contribution in [0.2, 0.25) is 0 Å². The Kier molecular flexibility index (Phi) is 7.01. The van der Waals surface area contributed by atoms with Gasteiger partial charge in [0.1, 0.15) is 0 Å². The molecule has 0 radical (unpaired) electrons. The first-order valence-electron chi connectivity index (χ1n) is 12.2. The van der Waals surface area contributed by atoms with E-state index in [0.29, 0.717) is 23.8 Å². The summed E-state index contributed by atoms with van der Waals surface area (Å²) in [6.45, 7) is 4.33. The van der Waals surface area contributed by atoms with Gasteiger partial charge < -0.3 is 25.4 Å². The van der Waals surface area contributed by atoms with Gasteiger partial charge in [-0.05, 0) is 43.4 Å². The van der Waals surface area contributed by atoms with Crippen molar-refractivity contribution in [2.24, 2.45) is 11.8 Å². The molecule has 1 saturated carbocycles. The molecule has 4 rings (SSSR count). The molecule has 0 saturated heterocycles. The average molecular weight is 452 g/mol. The van der Waals surface area contributed by atoms with Crippen molar-refractivity contribution in [2.45, 2.75) is 64.1 Å². The van der Waals surface area contributed by atoms with Crippen LogP contribution in [0.3, 0.4) is 0 Å². The lowest BCUT2D eigenvalue weighted by Gasteiger charge is -2.40. The third-order valence-electron chi connectivity index (χ3n) is 6.92. The van der Waals surface area contributed by atoms with E-state index >= 15 is 0 Å². The fraction of sp³-hybridized carbons (Fsp3) is 0.519. The highest BCUT2D eigenvalue weighted by Crippen LogP contribution is 2.50. The summed E-state index contributed by atoms with van der Waals surface area (Å²) < 4.78 is 11.5. The Bertz CT molecular complexity index is 944. The zero-order valence-electron chi connectivity index (χ0n) is 20.2. The van der Waals surface area contributed by atoms with Crippen LogP contribution in [0.4, 0.5) is 11.4 Å². The van der Waals surface area contributed by atoms with E-state index in [0.717, 1.165) is 29.8 Å². The van der Waals surface area contributed by atoms with E-state index in [1.54, 1.807) is 14.2 Å². The Morgan fingerprint density at radius 2 is 1.67 bits per heavy atom. The highest BCUT2D eigenvalue weighted by atomic mass is 16.5. The molecule has 1 aliphatic carbocycles. The molecule has 1 aliphatic heterocycles. The SMILES string of the molecule is COc1cccc(C2(C(CC(C)C)C(=O)NC3CCCCC3)Nc3ccccc3N2)c1OC. The summed E-state index contributed by atoms with van der Waals surface area (Å²) in [5.74, 6) is 1.31. The highest BCUT2D eigenvalue weighted by Gasteiger charge is 2.50. The number of carbonyl (C=O) groups is 1. The summed E-state index contributed by atoms with van der Waals surface area (Å²) in [4.78, 5) is 14.0. The predicted octanol–water partition coefficient (Wildman–Crippen LogP) is 5.51. The van der Waals surface area contributed by atoms with Crippen LogP contribution in [0, 0.1) is 11.8 Å². The average Bonchev–Trinajstić information content (AvgIpc) is 3.22. The Morgan fingerprint density at radius 3 is 2.24 bits per heavy atom. The van der Waals surface area contributed by atoms with Crippen molar-refractivity contribution in [3.8, 4) is 11.5 Å². The van der Waals surface area contributed by atoms with Gasteiger partial charge in [0.25, 0.3) is 0 Å². The van der Waals surface area contributed by atoms with Crippen LogP contribution in [-0.4, -0.2) is 26.2 Å². The molecule has 0 spiro atoms. The van der Waals surface area contributed by atoms with E-state index in [1.807, 2.05) is 42.5 Å². The number of nitrogens with one attached hydrogen (secondary N) is 3. The molecule has 33 heavy (non-hydrogen) atoms. The lowest BCUT2D eigenvalue weighted by atomic mass is 9.79. The fourth-order valence-corrected chi connectivity index (χ4v) is 5.35. The Hall–Kier alpha value is -2.89. The van der Waals surface area contributed by atoms with Gasteiger partial charge in [0.2, 0.25) is 5.91 Å². The summed E-state index contributed by atoms with van der Waals surface area (Å²) >= 11 is 0. The number of benzene rings is 2. The van der Waals surface area contributed by atoms with E-state index in [4.69, 9.17) is 9.47 Å². The molecule has 1 fully saturated rings. The van der Waals surface area contributed by atoms with Crippen molar-refractivity contribution in [1.82, 2.24) is 5.32 Å². The van der Waals surface area contributed by atoms with Gasteiger partial charge in [0.05, 0.1) is 31.5 Å². The molecule has 1 atom stereocenters. The van der Waals surface area contributed by atoms with Crippen LogP contribution in [0.25, 0.3) is 0 Å². The molecule has 6 heteroatoms. The molecule has 2 aliphatic rings. The van der Waals surface area contributed by atoms with Crippen molar-refractivity contribution >= 4 is 17.3 Å². The van der Waals surface area contributed by atoms with E-state index < -0.39 is 5.66 Å². The first kappa shape index (κ1) is 23.3. The summed E-state index contributed by atoms with van der Waals surface area (Å²) in [6.07, 6.45) is 6.43. The van der Waals surface area contributed by atoms with Gasteiger partial charge in [0, 0.05) is 11.6 Å². The molecule has 0 aromatic heterocycles. The third-order valence-corrected chi connectivity index (χ3v) is 6.92. The lowest BCUT2D eigenvalue weighted by molar-refractivity contribution is -0.128. The molecule has 0 bridgehead atoms. The van der Waals surface area contributed by atoms with Gasteiger partial charge in [0.15, 0.2) is 17.2 Å². The molecule has 1 heterocycles. The van der Waals surface area contributed by atoms with Gasteiger partial charge in [-0.1, -0.05) is 57.4 Å². The topological polar surface area (TPSA) is 71.6 Å².